The molecule has 0 bridgehead atoms. The number of furan rings is 1. The van der Waals surface area contributed by atoms with E-state index in [9.17, 15) is 0 Å². The zero-order valence-electron chi connectivity index (χ0n) is 43.7. The predicted molar refractivity (Wildman–Crippen MR) is 290 cm³/mol. The number of fused-ring (bicyclic) bond motifs is 7. The lowest BCUT2D eigenvalue weighted by atomic mass is 9.33. The number of rotatable bonds is 3. The van der Waals surface area contributed by atoms with Crippen molar-refractivity contribution in [2.45, 2.75) is 163 Å². The van der Waals surface area contributed by atoms with Gasteiger partial charge in [0.15, 0.2) is 0 Å². The lowest BCUT2D eigenvalue weighted by Gasteiger charge is -2.47. The van der Waals surface area contributed by atoms with Crippen LogP contribution in [0.5, 0.6) is 0 Å². The smallest absolute Gasteiger partial charge is 0.257 e. The van der Waals surface area contributed by atoms with Crippen LogP contribution in [-0.2, 0) is 32.5 Å². The van der Waals surface area contributed by atoms with Crippen LogP contribution in [0.2, 0.25) is 0 Å². The van der Waals surface area contributed by atoms with E-state index in [1.807, 2.05) is 0 Å². The monoisotopic (exact) mass is 885 g/mol. The van der Waals surface area contributed by atoms with Gasteiger partial charge in [0.2, 0.25) is 5.88 Å². The second kappa shape index (κ2) is 14.8. The summed E-state index contributed by atoms with van der Waals surface area (Å²) in [4.78, 5) is 5.18. The van der Waals surface area contributed by atoms with E-state index in [1.54, 1.807) is 0 Å². The zero-order chi connectivity index (χ0) is 48.1. The van der Waals surface area contributed by atoms with Gasteiger partial charge in [-0.2, -0.15) is 0 Å². The highest BCUT2D eigenvalue weighted by Gasteiger charge is 2.49. The molecule has 67 heavy (non-hydrogen) atoms. The van der Waals surface area contributed by atoms with E-state index < -0.39 is 0 Å². The molecule has 4 heteroatoms. The Morgan fingerprint density at radius 1 is 0.507 bits per heavy atom. The average Bonchev–Trinajstić information content (AvgIpc) is 3.62. The van der Waals surface area contributed by atoms with Gasteiger partial charge in [-0.1, -0.05) is 171 Å². The Hall–Kier alpha value is -5.48. The molecule has 10 rings (SSSR count). The standard InChI is InChI=1S/C63H73BN2O/c1-38-31-51-56-52(32-38)66(50-35-42(60(8,9)10)34-47(61(11,12)13)54(50)39-21-19-18-20-22-39)57-55(44-33-41(59(5,6)7)25-28-53(44)67-57)64(56)48-36-45-46(63(16,17)30-29-62(45,14)15)37-49(48)65(51)43-26-23-40(24-27-43)58(2,3)4/h18-28,31-37H,29-30H2,1-17H3. The number of aryl methyl sites for hydroxylation is 1. The molecule has 2 aliphatic heterocycles. The van der Waals surface area contributed by atoms with Crippen LogP contribution in [0.4, 0.5) is 34.3 Å². The maximum atomic E-state index is 7.53. The van der Waals surface area contributed by atoms with Crippen LogP contribution < -0.4 is 26.2 Å². The van der Waals surface area contributed by atoms with E-state index in [0.29, 0.717) is 0 Å². The summed E-state index contributed by atoms with van der Waals surface area (Å²) in [5.74, 6) is 0.921. The number of benzene rings is 6. The van der Waals surface area contributed by atoms with E-state index in [-0.39, 0.29) is 39.2 Å². The molecule has 344 valence electrons. The van der Waals surface area contributed by atoms with E-state index in [4.69, 9.17) is 4.42 Å². The molecular formula is C63H73BN2O. The summed E-state index contributed by atoms with van der Waals surface area (Å²) in [7, 11) is 0. The van der Waals surface area contributed by atoms with Crippen molar-refractivity contribution in [2.75, 3.05) is 9.80 Å². The van der Waals surface area contributed by atoms with Crippen molar-refractivity contribution in [2.24, 2.45) is 0 Å². The molecule has 0 N–H and O–H groups in total. The molecule has 0 amide bonds. The van der Waals surface area contributed by atoms with Gasteiger partial charge in [-0.25, -0.2) is 0 Å². The summed E-state index contributed by atoms with van der Waals surface area (Å²) >= 11 is 0. The Kier molecular flexibility index (Phi) is 9.98. The van der Waals surface area contributed by atoms with E-state index in [1.165, 1.54) is 94.6 Å². The third kappa shape index (κ3) is 7.30. The Bertz CT molecular complexity index is 3120. The minimum absolute atomic E-state index is 0.0260. The molecule has 6 aromatic carbocycles. The summed E-state index contributed by atoms with van der Waals surface area (Å²) in [6.45, 7) is 40.2. The second-order valence-corrected chi connectivity index (χ2v) is 25.9. The average molecular weight is 885 g/mol. The van der Waals surface area contributed by atoms with Crippen LogP contribution in [0.3, 0.4) is 0 Å². The van der Waals surface area contributed by atoms with Gasteiger partial charge in [-0.15, -0.1) is 0 Å². The third-order valence-electron chi connectivity index (χ3n) is 15.8. The highest BCUT2D eigenvalue weighted by atomic mass is 16.4. The maximum Gasteiger partial charge on any atom is 0.257 e. The van der Waals surface area contributed by atoms with E-state index in [0.717, 1.165) is 30.0 Å². The van der Waals surface area contributed by atoms with E-state index >= 15 is 0 Å². The number of anilines is 6. The lowest BCUT2D eigenvalue weighted by molar-refractivity contribution is 0.332. The maximum absolute atomic E-state index is 7.53. The van der Waals surface area contributed by atoms with Crippen LogP contribution >= 0.6 is 0 Å². The molecule has 0 unspecified atom stereocenters. The van der Waals surface area contributed by atoms with E-state index in [2.05, 4.69) is 237 Å². The van der Waals surface area contributed by atoms with Gasteiger partial charge in [-0.05, 0) is 156 Å². The van der Waals surface area contributed by atoms with Crippen LogP contribution in [-0.4, -0.2) is 6.71 Å². The first kappa shape index (κ1) is 45.3. The fraction of sp³-hybridized carbons (Fsp3) is 0.397. The molecule has 0 saturated carbocycles. The van der Waals surface area contributed by atoms with Gasteiger partial charge >= 0.3 is 0 Å². The lowest BCUT2D eigenvalue weighted by Crippen LogP contribution is -2.61. The van der Waals surface area contributed by atoms with Crippen molar-refractivity contribution >= 4 is 68.4 Å². The van der Waals surface area contributed by atoms with Crippen LogP contribution in [0.15, 0.2) is 114 Å². The van der Waals surface area contributed by atoms with Gasteiger partial charge in [0, 0.05) is 39.2 Å². The predicted octanol–water partition coefficient (Wildman–Crippen LogP) is 16.0. The first-order chi connectivity index (χ1) is 31.1. The second-order valence-electron chi connectivity index (χ2n) is 25.9. The van der Waals surface area contributed by atoms with Crippen molar-refractivity contribution in [3.8, 4) is 11.1 Å². The van der Waals surface area contributed by atoms with Crippen LogP contribution in [0.25, 0.3) is 22.1 Å². The Labute approximate surface area is 403 Å². The molecular weight excluding hydrogens is 812 g/mol. The van der Waals surface area contributed by atoms with Crippen molar-refractivity contribution < 1.29 is 4.42 Å². The van der Waals surface area contributed by atoms with Crippen molar-refractivity contribution in [1.82, 2.24) is 0 Å². The minimum atomic E-state index is -0.154. The molecule has 0 saturated heterocycles. The number of nitrogens with zero attached hydrogens (tertiary/aromatic N) is 2. The third-order valence-corrected chi connectivity index (χ3v) is 15.8. The highest BCUT2D eigenvalue weighted by Crippen LogP contribution is 2.54. The Balaban J connectivity index is 1.40. The fourth-order valence-electron chi connectivity index (χ4n) is 11.5. The van der Waals surface area contributed by atoms with Gasteiger partial charge in [0.25, 0.3) is 6.71 Å². The van der Waals surface area contributed by atoms with Gasteiger partial charge in [-0.3, -0.25) is 4.90 Å². The fourth-order valence-corrected chi connectivity index (χ4v) is 11.5. The Morgan fingerprint density at radius 2 is 1.07 bits per heavy atom. The Morgan fingerprint density at radius 3 is 1.66 bits per heavy atom. The number of hydrogen-bond donors (Lipinski definition) is 0. The summed E-state index contributed by atoms with van der Waals surface area (Å²) in [6.07, 6.45) is 2.31. The van der Waals surface area contributed by atoms with Crippen LogP contribution in [0.1, 0.15) is 163 Å². The molecule has 0 radical (unpaired) electrons. The number of hydrogen-bond acceptors (Lipinski definition) is 3. The molecule has 1 aromatic heterocycles. The highest BCUT2D eigenvalue weighted by molar-refractivity contribution is 7.01. The summed E-state index contributed by atoms with van der Waals surface area (Å²) in [5, 5.41) is 1.20. The summed E-state index contributed by atoms with van der Waals surface area (Å²) < 4.78 is 7.53. The van der Waals surface area contributed by atoms with Crippen molar-refractivity contribution in [3.63, 3.8) is 0 Å². The SMILES string of the molecule is Cc1cc2c3c(c1)N(c1cc(C(C)(C)C)cc(C(C)(C)C)c1-c1ccccc1)c1oc4ccc(C(C)(C)C)cc4c1B3c1cc3c(cc1N2c1ccc(C(C)(C)C)cc1)C(C)(C)CCC3(C)C. The largest absolute Gasteiger partial charge is 0.440 e. The molecule has 3 heterocycles. The normalized spacial score (nSPS) is 16.5. The van der Waals surface area contributed by atoms with Gasteiger partial charge < -0.3 is 9.32 Å². The topological polar surface area (TPSA) is 19.6 Å². The van der Waals surface area contributed by atoms with Crippen LogP contribution in [0, 0.1) is 6.92 Å². The van der Waals surface area contributed by atoms with Crippen molar-refractivity contribution in [1.29, 1.82) is 0 Å². The quantitative estimate of drug-likeness (QED) is 0.165. The first-order valence-corrected chi connectivity index (χ1v) is 25.0. The summed E-state index contributed by atoms with van der Waals surface area (Å²) in [5.41, 5.74) is 22.6. The molecule has 0 atom stereocenters. The van der Waals surface area contributed by atoms with Gasteiger partial charge in [0.05, 0.1) is 5.69 Å². The molecule has 3 aliphatic rings. The molecule has 0 spiro atoms. The minimum Gasteiger partial charge on any atom is -0.440 e. The first-order valence-electron chi connectivity index (χ1n) is 25.0. The molecule has 3 nitrogen and oxygen atoms in total. The van der Waals surface area contributed by atoms with Gasteiger partial charge in [0.1, 0.15) is 5.58 Å². The van der Waals surface area contributed by atoms with Crippen molar-refractivity contribution in [3.05, 3.63) is 148 Å². The molecule has 7 aromatic rings. The molecule has 1 aliphatic carbocycles. The summed E-state index contributed by atoms with van der Waals surface area (Å²) in [6, 6.07) is 42.7. The molecule has 0 fully saturated rings. The zero-order valence-corrected chi connectivity index (χ0v) is 43.7.